The van der Waals surface area contributed by atoms with Crippen LogP contribution in [0.1, 0.15) is 24.2 Å². The van der Waals surface area contributed by atoms with Crippen LogP contribution in [0.2, 0.25) is 0 Å². The maximum Gasteiger partial charge on any atom is 0.251 e. The van der Waals surface area contributed by atoms with Crippen molar-refractivity contribution in [2.45, 2.75) is 20.4 Å². The summed E-state index contributed by atoms with van der Waals surface area (Å²) < 4.78 is 1.80. The summed E-state index contributed by atoms with van der Waals surface area (Å²) in [4.78, 5) is 11.6. The van der Waals surface area contributed by atoms with Gasteiger partial charge < -0.3 is 5.32 Å². The standard InChI is InChI=1S/C11H14N4O/c1-3-12-11(16)8-5-6-10-9(7-8)13-14-15(10)4-2/h5-7H,3-4H2,1-2H3,(H,12,16). The number of fused-ring (bicyclic) bond motifs is 1. The van der Waals surface area contributed by atoms with Crippen LogP contribution in [0.4, 0.5) is 0 Å². The maximum atomic E-state index is 11.6. The fraction of sp³-hybridized carbons (Fsp3) is 0.364. The molecule has 5 heteroatoms. The third-order valence-corrected chi connectivity index (χ3v) is 2.41. The molecule has 0 bridgehead atoms. The number of hydrogen-bond acceptors (Lipinski definition) is 3. The van der Waals surface area contributed by atoms with E-state index in [0.29, 0.717) is 12.1 Å². The Morgan fingerprint density at radius 3 is 2.94 bits per heavy atom. The van der Waals surface area contributed by atoms with Gasteiger partial charge in [-0.05, 0) is 32.0 Å². The Kier molecular flexibility index (Phi) is 2.85. The number of nitrogens with one attached hydrogen (secondary N) is 1. The van der Waals surface area contributed by atoms with E-state index in [1.54, 1.807) is 16.8 Å². The molecule has 1 heterocycles. The van der Waals surface area contributed by atoms with Crippen molar-refractivity contribution in [1.82, 2.24) is 20.3 Å². The second kappa shape index (κ2) is 4.30. The van der Waals surface area contributed by atoms with Gasteiger partial charge in [-0.3, -0.25) is 4.79 Å². The predicted molar refractivity (Wildman–Crippen MR) is 61.2 cm³/mol. The van der Waals surface area contributed by atoms with Gasteiger partial charge in [0.05, 0.1) is 5.52 Å². The topological polar surface area (TPSA) is 59.8 Å². The summed E-state index contributed by atoms with van der Waals surface area (Å²) in [6, 6.07) is 5.44. The molecule has 5 nitrogen and oxygen atoms in total. The van der Waals surface area contributed by atoms with Gasteiger partial charge in [0.15, 0.2) is 0 Å². The molecular weight excluding hydrogens is 204 g/mol. The Hall–Kier alpha value is -1.91. The van der Waals surface area contributed by atoms with Gasteiger partial charge in [-0.25, -0.2) is 4.68 Å². The van der Waals surface area contributed by atoms with Crippen molar-refractivity contribution in [1.29, 1.82) is 0 Å². The molecule has 1 amide bonds. The highest BCUT2D eigenvalue weighted by atomic mass is 16.1. The van der Waals surface area contributed by atoms with Crippen molar-refractivity contribution in [2.24, 2.45) is 0 Å². The first-order valence-corrected chi connectivity index (χ1v) is 5.37. The van der Waals surface area contributed by atoms with Crippen molar-refractivity contribution in [3.05, 3.63) is 23.8 Å². The molecule has 2 rings (SSSR count). The van der Waals surface area contributed by atoms with E-state index >= 15 is 0 Å². The summed E-state index contributed by atoms with van der Waals surface area (Å²) in [6.45, 7) is 5.30. The molecule has 2 aromatic rings. The van der Waals surface area contributed by atoms with Crippen LogP contribution in [0.3, 0.4) is 0 Å². The molecule has 84 valence electrons. The molecule has 0 saturated heterocycles. The molecule has 0 radical (unpaired) electrons. The molecule has 0 atom stereocenters. The monoisotopic (exact) mass is 218 g/mol. The first kappa shape index (κ1) is 10.6. The molecule has 1 aromatic carbocycles. The zero-order valence-corrected chi connectivity index (χ0v) is 9.40. The van der Waals surface area contributed by atoms with Crippen LogP contribution in [0, 0.1) is 0 Å². The number of hydrogen-bond donors (Lipinski definition) is 1. The fourth-order valence-electron chi connectivity index (χ4n) is 1.61. The SMILES string of the molecule is CCNC(=O)c1ccc2c(c1)nnn2CC. The summed E-state index contributed by atoms with van der Waals surface area (Å²) in [7, 11) is 0. The quantitative estimate of drug-likeness (QED) is 0.842. The zero-order chi connectivity index (χ0) is 11.5. The second-order valence-corrected chi connectivity index (χ2v) is 3.47. The van der Waals surface area contributed by atoms with Crippen LogP contribution in [0.15, 0.2) is 18.2 Å². The van der Waals surface area contributed by atoms with Crippen molar-refractivity contribution >= 4 is 16.9 Å². The minimum Gasteiger partial charge on any atom is -0.352 e. The summed E-state index contributed by atoms with van der Waals surface area (Å²) in [6.07, 6.45) is 0. The highest BCUT2D eigenvalue weighted by Crippen LogP contribution is 2.13. The van der Waals surface area contributed by atoms with E-state index in [2.05, 4.69) is 15.6 Å². The fourth-order valence-corrected chi connectivity index (χ4v) is 1.61. The minimum absolute atomic E-state index is 0.0737. The van der Waals surface area contributed by atoms with E-state index in [-0.39, 0.29) is 5.91 Å². The van der Waals surface area contributed by atoms with Gasteiger partial charge in [0, 0.05) is 18.7 Å². The Morgan fingerprint density at radius 2 is 2.25 bits per heavy atom. The van der Waals surface area contributed by atoms with E-state index in [4.69, 9.17) is 0 Å². The van der Waals surface area contributed by atoms with Crippen LogP contribution < -0.4 is 5.32 Å². The number of benzene rings is 1. The second-order valence-electron chi connectivity index (χ2n) is 3.47. The first-order chi connectivity index (χ1) is 7.76. The number of carbonyl (C=O) groups excluding carboxylic acids is 1. The van der Waals surface area contributed by atoms with Crippen molar-refractivity contribution < 1.29 is 4.79 Å². The van der Waals surface area contributed by atoms with E-state index in [9.17, 15) is 4.79 Å². The number of carbonyl (C=O) groups is 1. The molecule has 0 spiro atoms. The summed E-state index contributed by atoms with van der Waals surface area (Å²) in [5.74, 6) is -0.0737. The lowest BCUT2D eigenvalue weighted by Crippen LogP contribution is -2.22. The molecule has 1 N–H and O–H groups in total. The van der Waals surface area contributed by atoms with Crippen molar-refractivity contribution in [3.8, 4) is 0 Å². The Labute approximate surface area is 93.4 Å². The maximum absolute atomic E-state index is 11.6. The highest BCUT2D eigenvalue weighted by Gasteiger charge is 2.08. The third kappa shape index (κ3) is 1.76. The normalized spacial score (nSPS) is 10.6. The van der Waals surface area contributed by atoms with Gasteiger partial charge in [0.1, 0.15) is 5.52 Å². The zero-order valence-electron chi connectivity index (χ0n) is 9.40. The highest BCUT2D eigenvalue weighted by molar-refractivity contribution is 5.97. The Balaban J connectivity index is 2.41. The van der Waals surface area contributed by atoms with Crippen LogP contribution in [-0.2, 0) is 6.54 Å². The lowest BCUT2D eigenvalue weighted by atomic mass is 10.2. The molecule has 0 aliphatic carbocycles. The van der Waals surface area contributed by atoms with E-state index in [1.165, 1.54) is 0 Å². The lowest BCUT2D eigenvalue weighted by Gasteiger charge is -2.01. The molecular formula is C11H14N4O. The largest absolute Gasteiger partial charge is 0.352 e. The van der Waals surface area contributed by atoms with Gasteiger partial charge in [0.25, 0.3) is 5.91 Å². The van der Waals surface area contributed by atoms with Gasteiger partial charge in [-0.15, -0.1) is 5.10 Å². The van der Waals surface area contributed by atoms with Crippen molar-refractivity contribution in [3.63, 3.8) is 0 Å². The number of nitrogens with zero attached hydrogens (tertiary/aromatic N) is 3. The molecule has 16 heavy (non-hydrogen) atoms. The summed E-state index contributed by atoms with van der Waals surface area (Å²) >= 11 is 0. The van der Waals surface area contributed by atoms with Crippen LogP contribution >= 0.6 is 0 Å². The molecule has 0 fully saturated rings. The predicted octanol–water partition coefficient (Wildman–Crippen LogP) is 1.20. The van der Waals surface area contributed by atoms with Gasteiger partial charge in [0.2, 0.25) is 0 Å². The van der Waals surface area contributed by atoms with Crippen molar-refractivity contribution in [2.75, 3.05) is 6.54 Å². The number of rotatable bonds is 3. The van der Waals surface area contributed by atoms with Crippen LogP contribution in [-0.4, -0.2) is 27.4 Å². The van der Waals surface area contributed by atoms with Crippen LogP contribution in [0.25, 0.3) is 11.0 Å². The Bertz CT molecular complexity index is 518. The summed E-state index contributed by atoms with van der Waals surface area (Å²) in [5.41, 5.74) is 2.33. The lowest BCUT2D eigenvalue weighted by molar-refractivity contribution is 0.0956. The smallest absolute Gasteiger partial charge is 0.251 e. The molecule has 0 saturated carbocycles. The molecule has 0 aliphatic heterocycles. The average molecular weight is 218 g/mol. The van der Waals surface area contributed by atoms with Gasteiger partial charge in [-0.1, -0.05) is 5.21 Å². The first-order valence-electron chi connectivity index (χ1n) is 5.37. The number of amides is 1. The molecule has 0 aliphatic rings. The average Bonchev–Trinajstić information content (AvgIpc) is 2.71. The Morgan fingerprint density at radius 1 is 1.44 bits per heavy atom. The molecule has 1 aromatic heterocycles. The van der Waals surface area contributed by atoms with E-state index < -0.39 is 0 Å². The number of aromatic nitrogens is 3. The van der Waals surface area contributed by atoms with E-state index in [1.807, 2.05) is 19.9 Å². The van der Waals surface area contributed by atoms with Gasteiger partial charge >= 0.3 is 0 Å². The molecule has 0 unspecified atom stereocenters. The van der Waals surface area contributed by atoms with Gasteiger partial charge in [-0.2, -0.15) is 0 Å². The third-order valence-electron chi connectivity index (χ3n) is 2.41. The van der Waals surface area contributed by atoms with Crippen LogP contribution in [0.5, 0.6) is 0 Å². The summed E-state index contributed by atoms with van der Waals surface area (Å²) in [5, 5.41) is 10.8. The van der Waals surface area contributed by atoms with E-state index in [0.717, 1.165) is 17.6 Å². The minimum atomic E-state index is -0.0737. The number of aryl methyl sites for hydroxylation is 1.